The lowest BCUT2D eigenvalue weighted by Gasteiger charge is -2.01. The first kappa shape index (κ1) is 11.6. The second kappa shape index (κ2) is 4.35. The Kier molecular flexibility index (Phi) is 3.14. The summed E-state index contributed by atoms with van der Waals surface area (Å²) in [6, 6.07) is 3.39. The minimum absolute atomic E-state index is 0.00222. The highest BCUT2D eigenvalue weighted by Gasteiger charge is 2.16. The van der Waals surface area contributed by atoms with Gasteiger partial charge >= 0.3 is 11.9 Å². The van der Waals surface area contributed by atoms with Gasteiger partial charge in [0.2, 0.25) is 0 Å². The van der Waals surface area contributed by atoms with Gasteiger partial charge in [0.1, 0.15) is 17.1 Å². The third-order valence-electron chi connectivity index (χ3n) is 1.77. The molecule has 1 rings (SSSR count). The van der Waals surface area contributed by atoms with E-state index in [1.807, 2.05) is 0 Å². The first-order valence-corrected chi connectivity index (χ1v) is 4.12. The van der Waals surface area contributed by atoms with Gasteiger partial charge in [0.15, 0.2) is 0 Å². The molecule has 0 unspecified atom stereocenters. The lowest BCUT2D eigenvalue weighted by Crippen LogP contribution is -2.10. The first-order valence-electron chi connectivity index (χ1n) is 4.12. The molecule has 0 aliphatic rings. The summed E-state index contributed by atoms with van der Waals surface area (Å²) < 4.78 is 0. The van der Waals surface area contributed by atoms with E-state index in [0.29, 0.717) is 0 Å². The van der Waals surface area contributed by atoms with Gasteiger partial charge in [-0.15, -0.1) is 0 Å². The van der Waals surface area contributed by atoms with E-state index < -0.39 is 23.3 Å². The van der Waals surface area contributed by atoms with Crippen LogP contribution in [0.3, 0.4) is 0 Å². The maximum Gasteiger partial charge on any atom is 0.343 e. The summed E-state index contributed by atoms with van der Waals surface area (Å²) in [4.78, 5) is 21.1. The molecular weight excluding hydrogens is 216 g/mol. The molecule has 0 bridgehead atoms. The molecule has 0 aromatic heterocycles. The number of benzene rings is 1. The average Bonchev–Trinajstić information content (AvgIpc) is 2.15. The predicted octanol–water partition coefficient (Wildman–Crippen LogP) is 0.650. The number of aromatic hydroxyl groups is 2. The number of carbonyl (C=O) groups is 2. The van der Waals surface area contributed by atoms with Gasteiger partial charge in [0, 0.05) is 11.6 Å². The number of hydrogen-bond acceptors (Lipinski definition) is 4. The van der Waals surface area contributed by atoms with Gasteiger partial charge < -0.3 is 20.4 Å². The van der Waals surface area contributed by atoms with Crippen molar-refractivity contribution in [2.75, 3.05) is 0 Å². The van der Waals surface area contributed by atoms with Crippen LogP contribution in [0.25, 0.3) is 6.08 Å². The second-order valence-corrected chi connectivity index (χ2v) is 2.91. The number of hydrogen-bond donors (Lipinski definition) is 4. The molecule has 0 amide bonds. The molecule has 6 heteroatoms. The van der Waals surface area contributed by atoms with Crippen molar-refractivity contribution < 1.29 is 30.0 Å². The summed E-state index contributed by atoms with van der Waals surface area (Å²) in [7, 11) is 0. The van der Waals surface area contributed by atoms with E-state index in [9.17, 15) is 14.7 Å². The van der Waals surface area contributed by atoms with Crippen LogP contribution in [-0.2, 0) is 9.59 Å². The second-order valence-electron chi connectivity index (χ2n) is 2.91. The fraction of sp³-hybridized carbons (Fsp3) is 0. The number of phenolic OH excluding ortho intramolecular Hbond substituents is 2. The number of aliphatic carboxylic acids is 2. The Balaban J connectivity index is 3.23. The third kappa shape index (κ3) is 2.50. The molecule has 0 aliphatic carbocycles. The van der Waals surface area contributed by atoms with Crippen molar-refractivity contribution in [3.05, 3.63) is 29.3 Å². The first-order chi connectivity index (χ1) is 7.41. The monoisotopic (exact) mass is 224 g/mol. The average molecular weight is 224 g/mol. The molecule has 1 aromatic rings. The van der Waals surface area contributed by atoms with Crippen molar-refractivity contribution >= 4 is 18.0 Å². The highest BCUT2D eigenvalue weighted by atomic mass is 16.4. The van der Waals surface area contributed by atoms with Gasteiger partial charge in [-0.05, 0) is 18.2 Å². The molecule has 0 heterocycles. The van der Waals surface area contributed by atoms with E-state index in [4.69, 9.17) is 15.3 Å². The lowest BCUT2D eigenvalue weighted by molar-refractivity contribution is -0.139. The molecule has 1 aromatic carbocycles. The number of phenols is 2. The SMILES string of the molecule is O=C(O)C(=Cc1ccc(O)cc1O)C(=O)O. The van der Waals surface area contributed by atoms with Crippen LogP contribution in [0.15, 0.2) is 23.8 Å². The highest BCUT2D eigenvalue weighted by molar-refractivity contribution is 6.16. The molecule has 0 saturated carbocycles. The smallest absolute Gasteiger partial charge is 0.343 e. The Bertz CT molecular complexity index is 458. The predicted molar refractivity (Wildman–Crippen MR) is 53.0 cm³/mol. The highest BCUT2D eigenvalue weighted by Crippen LogP contribution is 2.24. The molecule has 84 valence electrons. The van der Waals surface area contributed by atoms with Crippen LogP contribution >= 0.6 is 0 Å². The van der Waals surface area contributed by atoms with Crippen LogP contribution < -0.4 is 0 Å². The van der Waals surface area contributed by atoms with E-state index in [1.165, 1.54) is 12.1 Å². The van der Waals surface area contributed by atoms with Crippen molar-refractivity contribution in [3.63, 3.8) is 0 Å². The minimum atomic E-state index is -1.61. The van der Waals surface area contributed by atoms with Crippen molar-refractivity contribution in [2.45, 2.75) is 0 Å². The zero-order valence-electron chi connectivity index (χ0n) is 7.91. The maximum atomic E-state index is 10.5. The Morgan fingerprint density at radius 1 is 1.06 bits per heavy atom. The molecule has 0 radical (unpaired) electrons. The quantitative estimate of drug-likeness (QED) is 0.340. The lowest BCUT2D eigenvalue weighted by atomic mass is 10.1. The molecule has 6 nitrogen and oxygen atoms in total. The number of carboxylic acid groups (broad SMARTS) is 2. The van der Waals surface area contributed by atoms with Gasteiger partial charge in [-0.2, -0.15) is 0 Å². The van der Waals surface area contributed by atoms with E-state index in [2.05, 4.69) is 0 Å². The van der Waals surface area contributed by atoms with Crippen LogP contribution in [0, 0.1) is 0 Å². The summed E-state index contributed by atoms with van der Waals surface area (Å²) in [6.07, 6.45) is 0.805. The van der Waals surface area contributed by atoms with E-state index >= 15 is 0 Å². The minimum Gasteiger partial charge on any atom is -0.508 e. The van der Waals surface area contributed by atoms with Crippen molar-refractivity contribution in [1.29, 1.82) is 0 Å². The summed E-state index contributed by atoms with van der Waals surface area (Å²) >= 11 is 0. The summed E-state index contributed by atoms with van der Waals surface area (Å²) in [5, 5.41) is 35.4. The molecule has 4 N–H and O–H groups in total. The molecular formula is C10H8O6. The van der Waals surface area contributed by atoms with Crippen LogP contribution in [0.5, 0.6) is 11.5 Å². The summed E-state index contributed by atoms with van der Waals surface area (Å²) in [5.41, 5.74) is -0.876. The van der Waals surface area contributed by atoms with Crippen LogP contribution in [0.2, 0.25) is 0 Å². The number of carboxylic acids is 2. The fourth-order valence-corrected chi connectivity index (χ4v) is 1.02. The van der Waals surface area contributed by atoms with Gasteiger partial charge in [0.05, 0.1) is 0 Å². The van der Waals surface area contributed by atoms with Crippen molar-refractivity contribution in [1.82, 2.24) is 0 Å². The summed E-state index contributed by atoms with van der Waals surface area (Å²) in [6.45, 7) is 0. The van der Waals surface area contributed by atoms with E-state index in [-0.39, 0.29) is 11.3 Å². The van der Waals surface area contributed by atoms with Crippen LogP contribution in [0.4, 0.5) is 0 Å². The zero-order valence-corrected chi connectivity index (χ0v) is 7.91. The standard InChI is InChI=1S/C10H8O6/c11-6-2-1-5(8(12)4-6)3-7(9(13)14)10(15)16/h1-4,11-12H,(H,13,14)(H,15,16). The zero-order chi connectivity index (χ0) is 12.3. The largest absolute Gasteiger partial charge is 0.508 e. The molecule has 16 heavy (non-hydrogen) atoms. The third-order valence-corrected chi connectivity index (χ3v) is 1.77. The van der Waals surface area contributed by atoms with Gasteiger partial charge in [-0.1, -0.05) is 0 Å². The van der Waals surface area contributed by atoms with Crippen LogP contribution in [0.1, 0.15) is 5.56 Å². The van der Waals surface area contributed by atoms with Crippen molar-refractivity contribution in [2.24, 2.45) is 0 Å². The number of rotatable bonds is 3. The Labute approximate surface area is 89.7 Å². The van der Waals surface area contributed by atoms with Gasteiger partial charge in [0.25, 0.3) is 0 Å². The normalized spacial score (nSPS) is 9.50. The van der Waals surface area contributed by atoms with Gasteiger partial charge in [-0.3, -0.25) is 0 Å². The topological polar surface area (TPSA) is 115 Å². The summed E-state index contributed by atoms with van der Waals surface area (Å²) in [5.74, 6) is -3.83. The fourth-order valence-electron chi connectivity index (χ4n) is 1.02. The van der Waals surface area contributed by atoms with Crippen molar-refractivity contribution in [3.8, 4) is 11.5 Å². The Hall–Kier alpha value is -2.50. The maximum absolute atomic E-state index is 10.5. The molecule has 0 saturated heterocycles. The molecule has 0 fully saturated rings. The molecule has 0 atom stereocenters. The van der Waals surface area contributed by atoms with E-state index in [0.717, 1.165) is 12.1 Å². The van der Waals surface area contributed by atoms with Gasteiger partial charge in [-0.25, -0.2) is 9.59 Å². The van der Waals surface area contributed by atoms with E-state index in [1.54, 1.807) is 0 Å². The Morgan fingerprint density at radius 3 is 2.06 bits per heavy atom. The molecule has 0 aliphatic heterocycles. The van der Waals surface area contributed by atoms with Crippen LogP contribution in [-0.4, -0.2) is 32.4 Å². The Morgan fingerprint density at radius 2 is 1.62 bits per heavy atom. The molecule has 0 spiro atoms.